The van der Waals surface area contributed by atoms with E-state index in [1.807, 2.05) is 0 Å². The molecule has 0 amide bonds. The Morgan fingerprint density at radius 2 is 1.73 bits per heavy atom. The van der Waals surface area contributed by atoms with Gasteiger partial charge in [-0.15, -0.1) is 0 Å². The lowest BCUT2D eigenvalue weighted by molar-refractivity contribution is 0.412. The molecule has 0 bridgehead atoms. The van der Waals surface area contributed by atoms with Gasteiger partial charge in [-0.05, 0) is 24.7 Å². The van der Waals surface area contributed by atoms with E-state index in [4.69, 9.17) is 0 Å². The van der Waals surface area contributed by atoms with Crippen LogP contribution in [0.4, 0.5) is 0 Å². The lowest BCUT2D eigenvalue weighted by atomic mass is 9.87. The van der Waals surface area contributed by atoms with Gasteiger partial charge in [0.15, 0.2) is 0 Å². The van der Waals surface area contributed by atoms with Gasteiger partial charge in [0.1, 0.15) is 0 Å². The van der Waals surface area contributed by atoms with Crippen LogP contribution in [0.3, 0.4) is 0 Å². The lowest BCUT2D eigenvalue weighted by Crippen LogP contribution is -2.11. The van der Waals surface area contributed by atoms with E-state index in [0.29, 0.717) is 0 Å². The molecule has 0 saturated heterocycles. The first-order valence-corrected chi connectivity index (χ1v) is 4.41. The molecule has 0 aliphatic heterocycles. The van der Waals surface area contributed by atoms with Gasteiger partial charge in [-0.2, -0.15) is 0 Å². The Morgan fingerprint density at radius 1 is 1.00 bits per heavy atom. The van der Waals surface area contributed by atoms with Crippen molar-refractivity contribution < 1.29 is 0 Å². The fraction of sp³-hybridized carbons (Fsp3) is 0.455. The largest absolute Gasteiger partial charge is 0.0807 e. The van der Waals surface area contributed by atoms with E-state index in [1.165, 1.54) is 0 Å². The zero-order valence-corrected chi connectivity index (χ0v) is 6.70. The van der Waals surface area contributed by atoms with Gasteiger partial charge < -0.3 is 0 Å². The van der Waals surface area contributed by atoms with Gasteiger partial charge in [-0.3, -0.25) is 0 Å². The molecule has 3 aliphatic carbocycles. The van der Waals surface area contributed by atoms with Crippen molar-refractivity contribution in [2.75, 3.05) is 0 Å². The first-order chi connectivity index (χ1) is 5.36. The van der Waals surface area contributed by atoms with Crippen LogP contribution in [0.15, 0.2) is 36.0 Å². The lowest BCUT2D eigenvalue weighted by Gasteiger charge is -2.15. The summed E-state index contributed by atoms with van der Waals surface area (Å²) in [5, 5.41) is 0. The van der Waals surface area contributed by atoms with E-state index in [0.717, 1.165) is 23.7 Å². The van der Waals surface area contributed by atoms with Gasteiger partial charge in [0.05, 0.1) is 0 Å². The molecule has 0 saturated carbocycles. The summed E-state index contributed by atoms with van der Waals surface area (Å²) in [4.78, 5) is 0. The topological polar surface area (TPSA) is 0 Å². The summed E-state index contributed by atoms with van der Waals surface area (Å²) in [6.07, 6.45) is 12.0. The molecule has 0 fully saturated rings. The smallest absolute Gasteiger partial charge is 0.00199 e. The van der Waals surface area contributed by atoms with Crippen molar-refractivity contribution in [3.05, 3.63) is 36.0 Å². The van der Waals surface area contributed by atoms with Crippen LogP contribution < -0.4 is 0 Å². The molecule has 0 aromatic heterocycles. The second kappa shape index (κ2) is 1.69. The summed E-state index contributed by atoms with van der Waals surface area (Å²) in [6.45, 7) is 2.27. The zero-order valence-electron chi connectivity index (χ0n) is 6.70. The summed E-state index contributed by atoms with van der Waals surface area (Å²) in [5.41, 5.74) is 1.59. The van der Waals surface area contributed by atoms with Gasteiger partial charge in [0, 0.05) is 5.92 Å². The Labute approximate surface area is 67.3 Å². The Bertz CT molecular complexity index is 280. The van der Waals surface area contributed by atoms with Crippen LogP contribution >= 0.6 is 0 Å². The Kier molecular flexibility index (Phi) is 0.892. The maximum atomic E-state index is 2.44. The van der Waals surface area contributed by atoms with Gasteiger partial charge in [-0.25, -0.2) is 0 Å². The number of hydrogen-bond donors (Lipinski definition) is 0. The number of rotatable bonds is 0. The third-order valence-electron chi connectivity index (χ3n) is 3.38. The zero-order chi connectivity index (χ0) is 7.42. The van der Waals surface area contributed by atoms with Crippen molar-refractivity contribution in [1.82, 2.24) is 0 Å². The molecule has 3 aliphatic rings. The van der Waals surface area contributed by atoms with Crippen LogP contribution in [0.5, 0.6) is 0 Å². The highest BCUT2D eigenvalue weighted by molar-refractivity contribution is 5.36. The first-order valence-electron chi connectivity index (χ1n) is 4.41. The molecule has 4 atom stereocenters. The SMILES string of the molecule is CC1=CC2C=CC3C=CC1C32. The molecular formula is C11H12. The molecule has 11 heavy (non-hydrogen) atoms. The highest BCUT2D eigenvalue weighted by Gasteiger charge is 2.42. The Balaban J connectivity index is 2.13. The molecule has 0 spiro atoms. The summed E-state index contributed by atoms with van der Waals surface area (Å²) in [6, 6.07) is 0. The highest BCUT2D eigenvalue weighted by atomic mass is 14.5. The molecule has 4 unspecified atom stereocenters. The van der Waals surface area contributed by atoms with Crippen LogP contribution in [-0.2, 0) is 0 Å². The summed E-state index contributed by atoms with van der Waals surface area (Å²) in [5.74, 6) is 3.19. The van der Waals surface area contributed by atoms with Crippen LogP contribution in [0.2, 0.25) is 0 Å². The fourth-order valence-corrected chi connectivity index (χ4v) is 2.85. The quantitative estimate of drug-likeness (QED) is 0.458. The molecule has 56 valence electrons. The predicted octanol–water partition coefficient (Wildman–Crippen LogP) is 2.55. The third-order valence-corrected chi connectivity index (χ3v) is 3.38. The summed E-state index contributed by atoms with van der Waals surface area (Å²) < 4.78 is 0. The van der Waals surface area contributed by atoms with Crippen LogP contribution in [0.25, 0.3) is 0 Å². The van der Waals surface area contributed by atoms with Gasteiger partial charge in [0.25, 0.3) is 0 Å². The Morgan fingerprint density at radius 3 is 2.64 bits per heavy atom. The molecular weight excluding hydrogens is 132 g/mol. The molecule has 0 aromatic rings. The molecule has 0 nitrogen and oxygen atoms in total. The molecule has 0 radical (unpaired) electrons. The molecule has 0 aromatic carbocycles. The van der Waals surface area contributed by atoms with E-state index in [-0.39, 0.29) is 0 Å². The molecule has 0 N–H and O–H groups in total. The van der Waals surface area contributed by atoms with Crippen molar-refractivity contribution in [3.63, 3.8) is 0 Å². The summed E-state index contributed by atoms with van der Waals surface area (Å²) in [7, 11) is 0. The van der Waals surface area contributed by atoms with Crippen LogP contribution in [0, 0.1) is 23.7 Å². The standard InChI is InChI=1S/C11H12/c1-7-6-9-3-2-8-4-5-10(7)11(8)9/h2-6,8-11H,1H3. The summed E-state index contributed by atoms with van der Waals surface area (Å²) >= 11 is 0. The Hall–Kier alpha value is -0.780. The average molecular weight is 144 g/mol. The highest BCUT2D eigenvalue weighted by Crippen LogP contribution is 2.50. The minimum atomic E-state index is 0.763. The van der Waals surface area contributed by atoms with Crippen molar-refractivity contribution in [1.29, 1.82) is 0 Å². The van der Waals surface area contributed by atoms with Gasteiger partial charge in [-0.1, -0.05) is 36.0 Å². The van der Waals surface area contributed by atoms with E-state index in [9.17, 15) is 0 Å². The minimum absolute atomic E-state index is 0.763. The monoisotopic (exact) mass is 144 g/mol. The third kappa shape index (κ3) is 0.563. The molecule has 0 heterocycles. The van der Waals surface area contributed by atoms with Gasteiger partial charge >= 0.3 is 0 Å². The molecule has 3 rings (SSSR count). The van der Waals surface area contributed by atoms with Crippen molar-refractivity contribution in [2.45, 2.75) is 6.92 Å². The molecule has 0 heteroatoms. The number of allylic oxidation sites excluding steroid dienone is 6. The van der Waals surface area contributed by atoms with Crippen LogP contribution in [0.1, 0.15) is 6.92 Å². The average Bonchev–Trinajstić information content (AvgIpc) is 2.53. The fourth-order valence-electron chi connectivity index (χ4n) is 2.85. The minimum Gasteiger partial charge on any atom is -0.0807 e. The van der Waals surface area contributed by atoms with Crippen molar-refractivity contribution >= 4 is 0 Å². The van der Waals surface area contributed by atoms with E-state index < -0.39 is 0 Å². The second-order valence-electron chi connectivity index (χ2n) is 3.94. The predicted molar refractivity (Wildman–Crippen MR) is 46.0 cm³/mol. The maximum Gasteiger partial charge on any atom is 0.00199 e. The maximum absolute atomic E-state index is 2.44. The van der Waals surface area contributed by atoms with E-state index in [1.54, 1.807) is 5.57 Å². The normalized spacial score (nSPS) is 50.1. The first kappa shape index (κ1) is 5.82. The van der Waals surface area contributed by atoms with Crippen molar-refractivity contribution in [3.8, 4) is 0 Å². The van der Waals surface area contributed by atoms with E-state index in [2.05, 4.69) is 37.3 Å². The van der Waals surface area contributed by atoms with E-state index >= 15 is 0 Å². The number of hydrogen-bond acceptors (Lipinski definition) is 0. The van der Waals surface area contributed by atoms with Crippen molar-refractivity contribution in [2.24, 2.45) is 23.7 Å². The van der Waals surface area contributed by atoms with Crippen LogP contribution in [-0.4, -0.2) is 0 Å². The second-order valence-corrected chi connectivity index (χ2v) is 3.94. The van der Waals surface area contributed by atoms with Gasteiger partial charge in [0.2, 0.25) is 0 Å².